The molecule has 1 heterocycles. The number of carboxylic acid groups (broad SMARTS) is 1. The Bertz CT molecular complexity index is 940. The van der Waals surface area contributed by atoms with Gasteiger partial charge in [-0.3, -0.25) is 4.90 Å². The van der Waals surface area contributed by atoms with Crippen LogP contribution in [0.5, 0.6) is 0 Å². The molecule has 1 aliphatic carbocycles. The second kappa shape index (κ2) is 7.25. The fourth-order valence-corrected chi connectivity index (χ4v) is 4.08. The van der Waals surface area contributed by atoms with Crippen LogP contribution in [0.2, 0.25) is 0 Å². The lowest BCUT2D eigenvalue weighted by Crippen LogP contribution is -2.41. The number of nitrogens with zero attached hydrogens (tertiary/aromatic N) is 4. The van der Waals surface area contributed by atoms with Gasteiger partial charge in [0, 0.05) is 17.4 Å². The van der Waals surface area contributed by atoms with E-state index in [2.05, 4.69) is 10.0 Å². The molecule has 1 N–H and O–H groups in total. The van der Waals surface area contributed by atoms with Gasteiger partial charge in [0.15, 0.2) is 0 Å². The summed E-state index contributed by atoms with van der Waals surface area (Å²) in [7, 11) is 0. The molecule has 0 spiro atoms. The molecule has 1 amide bonds. The third kappa shape index (κ3) is 3.04. The van der Waals surface area contributed by atoms with Crippen LogP contribution in [-0.4, -0.2) is 47.3 Å². The molecule has 0 saturated carbocycles. The Morgan fingerprint density at radius 2 is 1.75 bits per heavy atom. The number of fused-ring (bicyclic) bond motifs is 3. The van der Waals surface area contributed by atoms with E-state index in [-0.39, 0.29) is 25.5 Å². The molecule has 4 rings (SSSR count). The number of azide groups is 1. The van der Waals surface area contributed by atoms with Crippen molar-refractivity contribution in [3.05, 3.63) is 70.1 Å². The van der Waals surface area contributed by atoms with Crippen LogP contribution < -0.4 is 0 Å². The Kier molecular flexibility index (Phi) is 4.63. The van der Waals surface area contributed by atoms with Gasteiger partial charge in [-0.2, -0.15) is 0 Å². The smallest absolute Gasteiger partial charge is 0.410 e. The summed E-state index contributed by atoms with van der Waals surface area (Å²) in [6.07, 6.45) is -0.617. The number of carbonyl (C=O) groups is 2. The minimum Gasteiger partial charge on any atom is -0.480 e. The average Bonchev–Trinajstić information content (AvgIpc) is 3.26. The Labute approximate surface area is 161 Å². The summed E-state index contributed by atoms with van der Waals surface area (Å²) >= 11 is 0. The maximum Gasteiger partial charge on any atom is 0.410 e. The van der Waals surface area contributed by atoms with E-state index in [0.717, 1.165) is 27.2 Å². The Hall–Kier alpha value is -3.51. The molecule has 8 heteroatoms. The maximum absolute atomic E-state index is 12.6. The number of benzene rings is 2. The van der Waals surface area contributed by atoms with Crippen LogP contribution in [-0.2, 0) is 9.53 Å². The fourth-order valence-electron chi connectivity index (χ4n) is 4.08. The predicted molar refractivity (Wildman–Crippen MR) is 101 cm³/mol. The zero-order valence-electron chi connectivity index (χ0n) is 14.9. The van der Waals surface area contributed by atoms with E-state index in [0.29, 0.717) is 0 Å². The van der Waals surface area contributed by atoms with Crippen molar-refractivity contribution in [3.8, 4) is 11.1 Å². The summed E-state index contributed by atoms with van der Waals surface area (Å²) in [5, 5.41) is 12.9. The molecule has 0 radical (unpaired) electrons. The van der Waals surface area contributed by atoms with Crippen molar-refractivity contribution in [2.24, 2.45) is 5.11 Å². The van der Waals surface area contributed by atoms with Crippen molar-refractivity contribution in [2.75, 3.05) is 13.2 Å². The number of amides is 1. The van der Waals surface area contributed by atoms with E-state index >= 15 is 0 Å². The molecule has 8 nitrogen and oxygen atoms in total. The molecule has 1 fully saturated rings. The summed E-state index contributed by atoms with van der Waals surface area (Å²) < 4.78 is 5.52. The number of likely N-dealkylation sites (tertiary alicyclic amines) is 1. The zero-order chi connectivity index (χ0) is 19.7. The van der Waals surface area contributed by atoms with E-state index in [9.17, 15) is 14.7 Å². The van der Waals surface area contributed by atoms with Crippen molar-refractivity contribution in [3.63, 3.8) is 0 Å². The van der Waals surface area contributed by atoms with Gasteiger partial charge in [-0.25, -0.2) is 9.59 Å². The quantitative estimate of drug-likeness (QED) is 0.495. The molecule has 28 heavy (non-hydrogen) atoms. The highest BCUT2D eigenvalue weighted by atomic mass is 16.6. The normalized spacial score (nSPS) is 20.2. The number of hydrogen-bond acceptors (Lipinski definition) is 4. The summed E-state index contributed by atoms with van der Waals surface area (Å²) in [6, 6.07) is 14.3. The third-order valence-electron chi connectivity index (χ3n) is 5.35. The largest absolute Gasteiger partial charge is 0.480 e. The van der Waals surface area contributed by atoms with Gasteiger partial charge >= 0.3 is 12.1 Å². The molecule has 1 saturated heterocycles. The molecule has 2 atom stereocenters. The molecule has 0 bridgehead atoms. The van der Waals surface area contributed by atoms with Crippen LogP contribution in [0.25, 0.3) is 21.6 Å². The lowest BCUT2D eigenvalue weighted by Gasteiger charge is -2.22. The SMILES string of the molecule is [N-]=[N+]=N[C@@H]1C[C@H](C(=O)O)N(C(=O)OCC2c3ccccc3-c3ccccc32)C1. The summed E-state index contributed by atoms with van der Waals surface area (Å²) in [5.41, 5.74) is 13.0. The van der Waals surface area contributed by atoms with E-state index < -0.39 is 24.1 Å². The number of ether oxygens (including phenoxy) is 1. The molecule has 0 unspecified atom stereocenters. The number of rotatable bonds is 4. The molecule has 2 aliphatic rings. The van der Waals surface area contributed by atoms with Crippen LogP contribution in [0.1, 0.15) is 23.5 Å². The molecule has 2 aromatic carbocycles. The maximum atomic E-state index is 12.6. The predicted octanol–water partition coefficient (Wildman–Crippen LogP) is 3.77. The lowest BCUT2D eigenvalue weighted by atomic mass is 9.98. The highest BCUT2D eigenvalue weighted by molar-refractivity contribution is 5.81. The molecule has 142 valence electrons. The van der Waals surface area contributed by atoms with Crippen LogP contribution in [0.15, 0.2) is 53.6 Å². The van der Waals surface area contributed by atoms with Gasteiger partial charge < -0.3 is 9.84 Å². The van der Waals surface area contributed by atoms with Crippen LogP contribution in [0, 0.1) is 0 Å². The van der Waals surface area contributed by atoms with Crippen LogP contribution in [0.4, 0.5) is 4.79 Å². The number of carbonyl (C=O) groups excluding carboxylic acids is 1. The lowest BCUT2D eigenvalue weighted by molar-refractivity contribution is -0.141. The standard InChI is InChI=1S/C20H18N4O4/c21-23-22-12-9-18(19(25)26)24(10-12)20(27)28-11-17-15-7-3-1-5-13(15)14-6-2-4-8-16(14)17/h1-8,12,17-18H,9-11H2,(H,25,26)/t12-,18-/m1/s1. The van der Waals surface area contributed by atoms with Gasteiger partial charge in [-0.05, 0) is 34.2 Å². The zero-order valence-corrected chi connectivity index (χ0v) is 14.9. The van der Waals surface area contributed by atoms with Crippen molar-refractivity contribution < 1.29 is 19.4 Å². The Morgan fingerprint density at radius 3 is 2.32 bits per heavy atom. The highest BCUT2D eigenvalue weighted by Gasteiger charge is 2.40. The van der Waals surface area contributed by atoms with Crippen LogP contribution in [0.3, 0.4) is 0 Å². The van der Waals surface area contributed by atoms with Crippen LogP contribution >= 0.6 is 0 Å². The van der Waals surface area contributed by atoms with Gasteiger partial charge in [0.1, 0.15) is 12.6 Å². The Balaban J connectivity index is 1.52. The minimum atomic E-state index is -1.14. The first-order chi connectivity index (χ1) is 13.6. The van der Waals surface area contributed by atoms with Gasteiger partial charge in [-0.15, -0.1) is 0 Å². The molecular weight excluding hydrogens is 360 g/mol. The first kappa shape index (κ1) is 17.9. The number of aliphatic carboxylic acids is 1. The monoisotopic (exact) mass is 378 g/mol. The average molecular weight is 378 g/mol. The second-order valence-electron chi connectivity index (χ2n) is 6.90. The molecule has 2 aromatic rings. The van der Waals surface area contributed by atoms with Gasteiger partial charge in [0.05, 0.1) is 6.04 Å². The van der Waals surface area contributed by atoms with E-state index in [4.69, 9.17) is 10.3 Å². The topological polar surface area (TPSA) is 116 Å². The van der Waals surface area contributed by atoms with Crippen molar-refractivity contribution in [1.29, 1.82) is 0 Å². The first-order valence-corrected chi connectivity index (χ1v) is 8.98. The molecule has 1 aliphatic heterocycles. The van der Waals surface area contributed by atoms with Gasteiger partial charge in [-0.1, -0.05) is 53.6 Å². The third-order valence-corrected chi connectivity index (χ3v) is 5.35. The molecule has 0 aromatic heterocycles. The summed E-state index contributed by atoms with van der Waals surface area (Å²) in [4.78, 5) is 27.9. The van der Waals surface area contributed by atoms with E-state index in [1.54, 1.807) is 0 Å². The van der Waals surface area contributed by atoms with Gasteiger partial charge in [0.25, 0.3) is 0 Å². The van der Waals surface area contributed by atoms with Gasteiger partial charge in [0.2, 0.25) is 0 Å². The highest BCUT2D eigenvalue weighted by Crippen LogP contribution is 2.44. The van der Waals surface area contributed by atoms with Crippen molar-refractivity contribution >= 4 is 12.1 Å². The number of carboxylic acids is 1. The van der Waals surface area contributed by atoms with Crippen molar-refractivity contribution in [1.82, 2.24) is 4.90 Å². The summed E-state index contributed by atoms with van der Waals surface area (Å²) in [5.74, 6) is -1.24. The fraction of sp³-hybridized carbons (Fsp3) is 0.300. The minimum absolute atomic E-state index is 0.0394. The molecular formula is C20H18N4O4. The van der Waals surface area contributed by atoms with E-state index in [1.165, 1.54) is 0 Å². The number of hydrogen-bond donors (Lipinski definition) is 1. The van der Waals surface area contributed by atoms with Crippen molar-refractivity contribution in [2.45, 2.75) is 24.4 Å². The second-order valence-corrected chi connectivity index (χ2v) is 6.90. The first-order valence-electron chi connectivity index (χ1n) is 8.98. The Morgan fingerprint density at radius 1 is 1.14 bits per heavy atom. The van der Waals surface area contributed by atoms with E-state index in [1.807, 2.05) is 48.5 Å². The summed E-state index contributed by atoms with van der Waals surface area (Å²) in [6.45, 7) is 0.152.